The summed E-state index contributed by atoms with van der Waals surface area (Å²) >= 11 is 3.50. The lowest BCUT2D eigenvalue weighted by molar-refractivity contribution is 0.506. The summed E-state index contributed by atoms with van der Waals surface area (Å²) in [4.78, 5) is 0.409. The van der Waals surface area contributed by atoms with E-state index in [1.807, 2.05) is 0 Å². The van der Waals surface area contributed by atoms with Gasteiger partial charge in [-0.3, -0.25) is 0 Å². The quantitative estimate of drug-likeness (QED) is 0.261. The summed E-state index contributed by atoms with van der Waals surface area (Å²) in [7, 11) is 0. The second kappa shape index (κ2) is 23.3. The Labute approximate surface area is 155 Å². The van der Waals surface area contributed by atoms with Gasteiger partial charge in [0, 0.05) is 43.6 Å². The number of halogens is 5. The molecule has 0 aromatic rings. The highest BCUT2D eigenvalue weighted by molar-refractivity contribution is 9.09. The Balaban J connectivity index is -0.000000120. The molecule has 2 atom stereocenters. The van der Waals surface area contributed by atoms with E-state index in [1.54, 1.807) is 0 Å². The Bertz CT molecular complexity index is 120. The highest BCUT2D eigenvalue weighted by Crippen LogP contribution is 2.02. The lowest BCUT2D eigenvalue weighted by Gasteiger charge is -2.19. The molecule has 0 saturated carbocycles. The van der Waals surface area contributed by atoms with Crippen LogP contribution in [-0.4, -0.2) is 43.6 Å². The fraction of sp³-hybridized carbons (Fsp3) is 1.00. The normalized spacial score (nSPS) is 12.0. The van der Waals surface area contributed by atoms with Crippen LogP contribution in [0, 0.1) is 0 Å². The number of rotatable bonds is 8. The van der Waals surface area contributed by atoms with Crippen molar-refractivity contribution in [2.45, 2.75) is 17.8 Å². The second-order valence-electron chi connectivity index (χ2n) is 3.01. The first-order valence-electron chi connectivity index (χ1n) is 4.70. The minimum absolute atomic E-state index is 0. The fourth-order valence-electron chi connectivity index (χ4n) is 1.01. The molecule has 0 saturated heterocycles. The highest BCUT2D eigenvalue weighted by Gasteiger charge is 2.10. The maximum atomic E-state index is 5.58. The Hall–Kier alpha value is 2.24. The molecular formula is C8H25Br5N4. The first-order valence-corrected chi connectivity index (χ1v) is 5.62. The molecule has 6 N–H and O–H groups in total. The first-order chi connectivity index (χ1) is 6.22. The van der Waals surface area contributed by atoms with Gasteiger partial charge < -0.3 is 22.1 Å². The summed E-state index contributed by atoms with van der Waals surface area (Å²) in [5.74, 6) is 0. The van der Waals surface area contributed by atoms with Gasteiger partial charge in [-0.1, -0.05) is 22.9 Å². The molecule has 2 unspecified atom stereocenters. The SMILES string of the molecule is Br.Br.Br.Br.CC(Br)C(CN)NCCNCCN. The lowest BCUT2D eigenvalue weighted by Crippen LogP contribution is -2.44. The molecule has 0 bridgehead atoms. The average molecular weight is 577 g/mol. The van der Waals surface area contributed by atoms with Crippen molar-refractivity contribution >= 4 is 83.9 Å². The van der Waals surface area contributed by atoms with Crippen molar-refractivity contribution in [3.05, 3.63) is 0 Å². The van der Waals surface area contributed by atoms with E-state index in [2.05, 4.69) is 33.5 Å². The van der Waals surface area contributed by atoms with Crippen LogP contribution in [0.3, 0.4) is 0 Å². The van der Waals surface area contributed by atoms with E-state index in [0.29, 0.717) is 24.0 Å². The average Bonchev–Trinajstić information content (AvgIpc) is 2.10. The zero-order chi connectivity index (χ0) is 10.1. The third-order valence-corrected chi connectivity index (χ3v) is 2.48. The van der Waals surface area contributed by atoms with E-state index in [4.69, 9.17) is 11.5 Å². The van der Waals surface area contributed by atoms with E-state index < -0.39 is 0 Å². The van der Waals surface area contributed by atoms with Gasteiger partial charge >= 0.3 is 0 Å². The third kappa shape index (κ3) is 20.7. The Morgan fingerprint density at radius 3 is 1.88 bits per heavy atom. The van der Waals surface area contributed by atoms with Crippen molar-refractivity contribution < 1.29 is 0 Å². The van der Waals surface area contributed by atoms with Crippen LogP contribution in [0.25, 0.3) is 0 Å². The van der Waals surface area contributed by atoms with E-state index in [9.17, 15) is 0 Å². The van der Waals surface area contributed by atoms with Crippen LogP contribution in [0.4, 0.5) is 0 Å². The van der Waals surface area contributed by atoms with Crippen molar-refractivity contribution in [2.24, 2.45) is 11.5 Å². The van der Waals surface area contributed by atoms with Crippen LogP contribution < -0.4 is 22.1 Å². The van der Waals surface area contributed by atoms with Crippen LogP contribution >= 0.6 is 83.9 Å². The molecule has 0 aliphatic heterocycles. The molecule has 0 radical (unpaired) electrons. The van der Waals surface area contributed by atoms with Crippen LogP contribution in [0.1, 0.15) is 6.92 Å². The first kappa shape index (κ1) is 31.6. The Kier molecular flexibility index (Phi) is 43.3. The largest absolute Gasteiger partial charge is 0.329 e. The summed E-state index contributed by atoms with van der Waals surface area (Å²) in [6, 6.07) is 0.347. The van der Waals surface area contributed by atoms with Crippen molar-refractivity contribution in [2.75, 3.05) is 32.7 Å². The van der Waals surface area contributed by atoms with Crippen LogP contribution in [0.5, 0.6) is 0 Å². The molecule has 0 heterocycles. The molecule has 112 valence electrons. The zero-order valence-electron chi connectivity index (χ0n) is 9.86. The number of nitrogens with one attached hydrogen (secondary N) is 2. The summed E-state index contributed by atoms with van der Waals surface area (Å²) in [6.45, 7) is 6.18. The van der Waals surface area contributed by atoms with Gasteiger partial charge in [-0.25, -0.2) is 0 Å². The smallest absolute Gasteiger partial charge is 0.0313 e. The summed E-state index contributed by atoms with van der Waals surface area (Å²) in [5.41, 5.74) is 10.9. The fourth-order valence-corrected chi connectivity index (χ4v) is 1.41. The molecule has 0 spiro atoms. The minimum atomic E-state index is 0. The van der Waals surface area contributed by atoms with E-state index >= 15 is 0 Å². The number of hydrogen-bond donors (Lipinski definition) is 4. The van der Waals surface area contributed by atoms with Gasteiger partial charge in [0.2, 0.25) is 0 Å². The van der Waals surface area contributed by atoms with Crippen LogP contribution in [-0.2, 0) is 0 Å². The molecule has 0 aromatic carbocycles. The standard InChI is InChI=1S/C8H21BrN4.4BrH/c1-7(9)8(6-11)13-5-4-12-3-2-10;;;;/h7-8,12-13H,2-6,10-11H2,1H3;4*1H. The van der Waals surface area contributed by atoms with Crippen LogP contribution in [0.15, 0.2) is 0 Å². The predicted octanol–water partition coefficient (Wildman–Crippen LogP) is 1.55. The molecule has 0 aliphatic rings. The molecular weight excluding hydrogens is 552 g/mol. The van der Waals surface area contributed by atoms with Crippen molar-refractivity contribution in [1.82, 2.24) is 10.6 Å². The summed E-state index contributed by atoms with van der Waals surface area (Å²) < 4.78 is 0. The Morgan fingerprint density at radius 1 is 1.00 bits per heavy atom. The molecule has 0 rings (SSSR count). The molecule has 4 nitrogen and oxygen atoms in total. The predicted molar refractivity (Wildman–Crippen MR) is 102 cm³/mol. The molecule has 0 aromatic heterocycles. The van der Waals surface area contributed by atoms with Crippen molar-refractivity contribution in [3.63, 3.8) is 0 Å². The Morgan fingerprint density at radius 2 is 1.53 bits per heavy atom. The van der Waals surface area contributed by atoms with Gasteiger partial charge in [-0.05, 0) is 0 Å². The summed E-state index contributed by atoms with van der Waals surface area (Å²) in [6.07, 6.45) is 0. The molecule has 9 heteroatoms. The van der Waals surface area contributed by atoms with Gasteiger partial charge in [0.1, 0.15) is 0 Å². The second-order valence-corrected chi connectivity index (χ2v) is 4.46. The maximum Gasteiger partial charge on any atom is 0.0313 e. The van der Waals surface area contributed by atoms with Gasteiger partial charge in [-0.2, -0.15) is 0 Å². The molecule has 0 fully saturated rings. The third-order valence-electron chi connectivity index (χ3n) is 1.84. The van der Waals surface area contributed by atoms with E-state index in [-0.39, 0.29) is 67.9 Å². The maximum absolute atomic E-state index is 5.58. The summed E-state index contributed by atoms with van der Waals surface area (Å²) in [5, 5.41) is 6.56. The minimum Gasteiger partial charge on any atom is -0.329 e. The van der Waals surface area contributed by atoms with Gasteiger partial charge in [0.05, 0.1) is 0 Å². The number of alkyl halides is 1. The topological polar surface area (TPSA) is 76.1 Å². The number of hydrogen-bond acceptors (Lipinski definition) is 4. The monoisotopic (exact) mass is 572 g/mol. The van der Waals surface area contributed by atoms with E-state index in [0.717, 1.165) is 19.6 Å². The zero-order valence-corrected chi connectivity index (χ0v) is 18.3. The molecule has 0 aliphatic carbocycles. The molecule has 0 amide bonds. The van der Waals surface area contributed by atoms with Gasteiger partial charge in [0.15, 0.2) is 0 Å². The van der Waals surface area contributed by atoms with Crippen molar-refractivity contribution in [3.8, 4) is 0 Å². The van der Waals surface area contributed by atoms with Crippen molar-refractivity contribution in [1.29, 1.82) is 0 Å². The number of nitrogens with two attached hydrogens (primary N) is 2. The molecule has 17 heavy (non-hydrogen) atoms. The van der Waals surface area contributed by atoms with Gasteiger partial charge in [-0.15, -0.1) is 67.9 Å². The van der Waals surface area contributed by atoms with Crippen LogP contribution in [0.2, 0.25) is 0 Å². The van der Waals surface area contributed by atoms with E-state index in [1.165, 1.54) is 0 Å². The lowest BCUT2D eigenvalue weighted by atomic mass is 10.2. The van der Waals surface area contributed by atoms with Gasteiger partial charge in [0.25, 0.3) is 0 Å². The highest BCUT2D eigenvalue weighted by atomic mass is 79.9.